The summed E-state index contributed by atoms with van der Waals surface area (Å²) in [5, 5.41) is 0. The van der Waals surface area contributed by atoms with E-state index >= 15 is 0 Å². The third-order valence-corrected chi connectivity index (χ3v) is 3.43. The second-order valence-electron chi connectivity index (χ2n) is 4.19. The van der Waals surface area contributed by atoms with E-state index in [0.717, 1.165) is 6.61 Å². The first-order valence-electron chi connectivity index (χ1n) is 4.90. The molecule has 0 aromatic carbocycles. The molecule has 1 heterocycles. The zero-order chi connectivity index (χ0) is 8.02. The first-order chi connectivity index (χ1) is 5.89. The number of hydrogen-bond donors (Lipinski definition) is 0. The SMILES string of the molecule is C1=CC2(C3=CCCC3)COC1C2. The molecule has 1 nitrogen and oxygen atoms in total. The zero-order valence-electron chi connectivity index (χ0n) is 7.25. The molecule has 0 spiro atoms. The molecule has 1 saturated heterocycles. The van der Waals surface area contributed by atoms with Crippen molar-refractivity contribution in [1.82, 2.24) is 0 Å². The summed E-state index contributed by atoms with van der Waals surface area (Å²) >= 11 is 0. The Morgan fingerprint density at radius 1 is 1.50 bits per heavy atom. The molecule has 2 aliphatic carbocycles. The van der Waals surface area contributed by atoms with E-state index in [4.69, 9.17) is 4.74 Å². The monoisotopic (exact) mass is 162 g/mol. The highest BCUT2D eigenvalue weighted by Crippen LogP contribution is 2.49. The molecule has 3 rings (SSSR count). The lowest BCUT2D eigenvalue weighted by molar-refractivity contribution is 0.125. The highest BCUT2D eigenvalue weighted by Gasteiger charge is 2.44. The van der Waals surface area contributed by atoms with Crippen molar-refractivity contribution >= 4 is 0 Å². The van der Waals surface area contributed by atoms with E-state index in [2.05, 4.69) is 18.2 Å². The Hall–Kier alpha value is -0.560. The Kier molecular flexibility index (Phi) is 1.28. The van der Waals surface area contributed by atoms with Gasteiger partial charge in [0, 0.05) is 5.41 Å². The van der Waals surface area contributed by atoms with Crippen molar-refractivity contribution in [3.8, 4) is 0 Å². The van der Waals surface area contributed by atoms with Crippen molar-refractivity contribution < 1.29 is 4.74 Å². The van der Waals surface area contributed by atoms with Gasteiger partial charge in [0.2, 0.25) is 0 Å². The molecule has 2 bridgehead atoms. The molecule has 1 fully saturated rings. The van der Waals surface area contributed by atoms with Gasteiger partial charge in [-0.1, -0.05) is 23.8 Å². The van der Waals surface area contributed by atoms with Crippen LogP contribution in [0, 0.1) is 5.41 Å². The van der Waals surface area contributed by atoms with E-state index < -0.39 is 0 Å². The Bertz CT molecular complexity index is 264. The molecule has 0 N–H and O–H groups in total. The third-order valence-electron chi connectivity index (χ3n) is 3.43. The van der Waals surface area contributed by atoms with Crippen LogP contribution >= 0.6 is 0 Å². The molecule has 0 aromatic rings. The van der Waals surface area contributed by atoms with Crippen molar-refractivity contribution in [2.45, 2.75) is 31.8 Å². The number of rotatable bonds is 1. The summed E-state index contributed by atoms with van der Waals surface area (Å²) in [7, 11) is 0. The summed E-state index contributed by atoms with van der Waals surface area (Å²) in [5.41, 5.74) is 2.00. The number of ether oxygens (including phenoxy) is 1. The minimum absolute atomic E-state index is 0.348. The van der Waals surface area contributed by atoms with Crippen LogP contribution in [-0.4, -0.2) is 12.7 Å². The highest BCUT2D eigenvalue weighted by atomic mass is 16.5. The summed E-state index contributed by atoms with van der Waals surface area (Å²) in [4.78, 5) is 0. The van der Waals surface area contributed by atoms with Gasteiger partial charge in [-0.25, -0.2) is 0 Å². The summed E-state index contributed by atoms with van der Waals surface area (Å²) in [6.07, 6.45) is 12.7. The van der Waals surface area contributed by atoms with E-state index in [0.29, 0.717) is 11.5 Å². The second kappa shape index (κ2) is 2.23. The first-order valence-corrected chi connectivity index (χ1v) is 4.90. The summed E-state index contributed by atoms with van der Waals surface area (Å²) in [5.74, 6) is 0. The van der Waals surface area contributed by atoms with Gasteiger partial charge in [-0.2, -0.15) is 0 Å². The van der Waals surface area contributed by atoms with Crippen LogP contribution in [0.5, 0.6) is 0 Å². The minimum Gasteiger partial charge on any atom is -0.373 e. The Balaban J connectivity index is 1.95. The van der Waals surface area contributed by atoms with Crippen LogP contribution < -0.4 is 0 Å². The number of fused-ring (bicyclic) bond motifs is 2. The Morgan fingerprint density at radius 3 is 3.00 bits per heavy atom. The van der Waals surface area contributed by atoms with Crippen molar-refractivity contribution in [3.63, 3.8) is 0 Å². The largest absolute Gasteiger partial charge is 0.373 e. The predicted octanol–water partition coefficient (Wildman–Crippen LogP) is 2.44. The maximum atomic E-state index is 5.64. The van der Waals surface area contributed by atoms with Crippen LogP contribution in [0.25, 0.3) is 0 Å². The highest BCUT2D eigenvalue weighted by molar-refractivity contribution is 5.32. The topological polar surface area (TPSA) is 9.23 Å². The fourth-order valence-electron chi connectivity index (χ4n) is 2.72. The fraction of sp³-hybridized carbons (Fsp3) is 0.636. The van der Waals surface area contributed by atoms with Gasteiger partial charge in [0.25, 0.3) is 0 Å². The molecular formula is C11H14O. The van der Waals surface area contributed by atoms with Gasteiger partial charge in [0.15, 0.2) is 0 Å². The van der Waals surface area contributed by atoms with E-state index in [-0.39, 0.29) is 0 Å². The van der Waals surface area contributed by atoms with Gasteiger partial charge >= 0.3 is 0 Å². The zero-order valence-corrected chi connectivity index (χ0v) is 7.25. The van der Waals surface area contributed by atoms with Gasteiger partial charge in [-0.3, -0.25) is 0 Å². The molecule has 1 aliphatic heterocycles. The van der Waals surface area contributed by atoms with E-state index in [9.17, 15) is 0 Å². The predicted molar refractivity (Wildman–Crippen MR) is 47.9 cm³/mol. The van der Waals surface area contributed by atoms with Crippen LogP contribution in [0.3, 0.4) is 0 Å². The number of hydrogen-bond acceptors (Lipinski definition) is 1. The molecule has 0 amide bonds. The van der Waals surface area contributed by atoms with Gasteiger partial charge in [0.05, 0.1) is 12.7 Å². The van der Waals surface area contributed by atoms with E-state index in [1.807, 2.05) is 0 Å². The van der Waals surface area contributed by atoms with Crippen LogP contribution in [-0.2, 0) is 4.74 Å². The number of allylic oxidation sites excluding steroid dienone is 1. The molecule has 0 aromatic heterocycles. The molecule has 3 aliphatic rings. The molecule has 0 saturated carbocycles. The minimum atomic E-state index is 0.348. The van der Waals surface area contributed by atoms with Gasteiger partial charge in [0.1, 0.15) is 0 Å². The normalized spacial score (nSPS) is 44.0. The van der Waals surface area contributed by atoms with Crippen molar-refractivity contribution in [2.75, 3.05) is 6.61 Å². The van der Waals surface area contributed by atoms with E-state index in [1.165, 1.54) is 25.7 Å². The summed E-state index contributed by atoms with van der Waals surface area (Å²) in [6, 6.07) is 0. The first kappa shape index (κ1) is 6.90. The molecule has 0 radical (unpaired) electrons. The maximum absolute atomic E-state index is 5.64. The van der Waals surface area contributed by atoms with Gasteiger partial charge in [-0.05, 0) is 25.7 Å². The Morgan fingerprint density at radius 2 is 2.50 bits per heavy atom. The smallest absolute Gasteiger partial charge is 0.0769 e. The Labute approximate surface area is 73.1 Å². The molecule has 12 heavy (non-hydrogen) atoms. The van der Waals surface area contributed by atoms with Crippen LogP contribution in [0.15, 0.2) is 23.8 Å². The average Bonchev–Trinajstić information content (AvgIpc) is 2.82. The van der Waals surface area contributed by atoms with Gasteiger partial charge < -0.3 is 4.74 Å². The molecular weight excluding hydrogens is 148 g/mol. The lowest BCUT2D eigenvalue weighted by atomic mass is 9.81. The molecule has 2 unspecified atom stereocenters. The quantitative estimate of drug-likeness (QED) is 0.538. The third kappa shape index (κ3) is 0.776. The molecule has 1 heteroatoms. The molecule has 2 atom stereocenters. The lowest BCUT2D eigenvalue weighted by Crippen LogP contribution is -2.19. The molecule has 64 valence electrons. The maximum Gasteiger partial charge on any atom is 0.0769 e. The fourth-order valence-corrected chi connectivity index (χ4v) is 2.72. The van der Waals surface area contributed by atoms with Crippen molar-refractivity contribution in [3.05, 3.63) is 23.8 Å². The van der Waals surface area contributed by atoms with Gasteiger partial charge in [-0.15, -0.1) is 0 Å². The van der Waals surface area contributed by atoms with Crippen LogP contribution in [0.1, 0.15) is 25.7 Å². The summed E-state index contributed by atoms with van der Waals surface area (Å²) in [6.45, 7) is 0.944. The van der Waals surface area contributed by atoms with Crippen LogP contribution in [0.2, 0.25) is 0 Å². The average molecular weight is 162 g/mol. The standard InChI is InChI=1S/C11H14O/c1-2-4-9(3-1)11-6-5-10(7-11)12-8-11/h3,5-6,10H,1-2,4,7-8H2. The van der Waals surface area contributed by atoms with Crippen LogP contribution in [0.4, 0.5) is 0 Å². The second-order valence-corrected chi connectivity index (χ2v) is 4.19. The van der Waals surface area contributed by atoms with Crippen molar-refractivity contribution in [2.24, 2.45) is 5.41 Å². The summed E-state index contributed by atoms with van der Waals surface area (Å²) < 4.78 is 5.64. The van der Waals surface area contributed by atoms with E-state index in [1.54, 1.807) is 5.57 Å². The van der Waals surface area contributed by atoms with Crippen molar-refractivity contribution in [1.29, 1.82) is 0 Å². The lowest BCUT2D eigenvalue weighted by Gasteiger charge is -2.23.